The lowest BCUT2D eigenvalue weighted by Crippen LogP contribution is -2.07. The number of esters is 1. The molecular formula is C14H18O2. The molecule has 0 saturated heterocycles. The van der Waals surface area contributed by atoms with Crippen molar-refractivity contribution in [1.82, 2.24) is 0 Å². The summed E-state index contributed by atoms with van der Waals surface area (Å²) >= 11 is 0. The van der Waals surface area contributed by atoms with Crippen molar-refractivity contribution >= 4 is 5.97 Å². The number of ether oxygens (including phenoxy) is 1. The number of aryl methyl sites for hydroxylation is 1. The Labute approximate surface area is 96.9 Å². The highest BCUT2D eigenvalue weighted by atomic mass is 18.3. The van der Waals surface area contributed by atoms with E-state index in [9.17, 15) is 4.79 Å². The first kappa shape index (κ1) is 12.5. The molecule has 0 N–H and O–H groups in total. The SMILES string of the molecule is C=C(C)CC[18O]C(=O)CCc1ccccc1. The zero-order valence-corrected chi connectivity index (χ0v) is 9.74. The van der Waals surface area contributed by atoms with E-state index in [1.54, 1.807) is 0 Å². The second-order valence-electron chi connectivity index (χ2n) is 3.91. The first-order valence-electron chi connectivity index (χ1n) is 5.52. The standard InChI is InChI=1S/C14H18O2/c1-12(2)10-11-16-14(15)9-8-13-6-4-3-5-7-13/h3-7H,1,8-11H2,2H3/i16+2. The van der Waals surface area contributed by atoms with Gasteiger partial charge >= 0.3 is 5.97 Å². The summed E-state index contributed by atoms with van der Waals surface area (Å²) in [5.74, 6) is -0.134. The second kappa shape index (κ2) is 6.83. The lowest BCUT2D eigenvalue weighted by atomic mass is 10.1. The Kier molecular flexibility index (Phi) is 5.34. The molecule has 0 heterocycles. The molecule has 0 aliphatic rings. The molecule has 0 unspecified atom stereocenters. The maximum Gasteiger partial charge on any atom is 0.306 e. The van der Waals surface area contributed by atoms with E-state index in [2.05, 4.69) is 6.58 Å². The first-order valence-corrected chi connectivity index (χ1v) is 5.52. The average molecular weight is 220 g/mol. The number of carbonyl (C=O) groups is 1. The molecule has 1 rings (SSSR count). The minimum Gasteiger partial charge on any atom is -0.465 e. The van der Waals surface area contributed by atoms with E-state index < -0.39 is 0 Å². The van der Waals surface area contributed by atoms with Gasteiger partial charge in [-0.25, -0.2) is 0 Å². The molecule has 0 aliphatic heterocycles. The number of carbonyl (C=O) groups excluding carboxylic acids is 1. The molecule has 0 aliphatic carbocycles. The predicted octanol–water partition coefficient (Wildman–Crippen LogP) is 3.13. The minimum absolute atomic E-state index is 0.134. The molecule has 0 bridgehead atoms. The summed E-state index contributed by atoms with van der Waals surface area (Å²) in [4.78, 5) is 11.3. The molecule has 0 atom stereocenters. The second-order valence-corrected chi connectivity index (χ2v) is 3.91. The van der Waals surface area contributed by atoms with Gasteiger partial charge in [0.05, 0.1) is 6.61 Å². The van der Waals surface area contributed by atoms with Crippen molar-refractivity contribution in [3.63, 3.8) is 0 Å². The molecule has 86 valence electrons. The van der Waals surface area contributed by atoms with Crippen LogP contribution in [0.25, 0.3) is 0 Å². The van der Waals surface area contributed by atoms with E-state index in [0.717, 1.165) is 18.4 Å². The molecule has 0 amide bonds. The Bertz CT molecular complexity index is 341. The number of hydrogen-bond acceptors (Lipinski definition) is 2. The van der Waals surface area contributed by atoms with Gasteiger partial charge in [0.1, 0.15) is 0 Å². The van der Waals surface area contributed by atoms with Crippen LogP contribution in [0, 0.1) is 0 Å². The summed E-state index contributed by atoms with van der Waals surface area (Å²) in [6, 6.07) is 9.94. The summed E-state index contributed by atoms with van der Waals surface area (Å²) in [5, 5.41) is 0. The van der Waals surface area contributed by atoms with Crippen molar-refractivity contribution in [3.8, 4) is 0 Å². The van der Waals surface area contributed by atoms with E-state index in [0.29, 0.717) is 13.0 Å². The molecule has 2 nitrogen and oxygen atoms in total. The quantitative estimate of drug-likeness (QED) is 0.418. The smallest absolute Gasteiger partial charge is 0.306 e. The van der Waals surface area contributed by atoms with Crippen molar-refractivity contribution in [1.29, 1.82) is 0 Å². The van der Waals surface area contributed by atoms with Crippen LogP contribution >= 0.6 is 0 Å². The van der Waals surface area contributed by atoms with Crippen molar-refractivity contribution < 1.29 is 9.53 Å². The Balaban J connectivity index is 2.18. The zero-order valence-electron chi connectivity index (χ0n) is 9.74. The molecule has 0 radical (unpaired) electrons. The van der Waals surface area contributed by atoms with Crippen LogP contribution in [0.2, 0.25) is 0 Å². The van der Waals surface area contributed by atoms with Gasteiger partial charge in [0.2, 0.25) is 0 Å². The minimum atomic E-state index is -0.134. The van der Waals surface area contributed by atoms with E-state index >= 15 is 0 Å². The summed E-state index contributed by atoms with van der Waals surface area (Å²) in [6.07, 6.45) is 1.93. The molecular weight excluding hydrogens is 202 g/mol. The molecule has 1 aromatic carbocycles. The zero-order chi connectivity index (χ0) is 11.8. The van der Waals surface area contributed by atoms with E-state index in [-0.39, 0.29) is 5.97 Å². The molecule has 0 fully saturated rings. The third-order valence-electron chi connectivity index (χ3n) is 2.25. The van der Waals surface area contributed by atoms with Crippen LogP contribution in [-0.2, 0) is 16.0 Å². The van der Waals surface area contributed by atoms with Crippen LogP contribution < -0.4 is 0 Å². The van der Waals surface area contributed by atoms with Crippen LogP contribution in [0.3, 0.4) is 0 Å². The third kappa shape index (κ3) is 5.35. The fraction of sp³-hybridized carbons (Fsp3) is 0.357. The van der Waals surface area contributed by atoms with Crippen molar-refractivity contribution in [2.75, 3.05) is 6.61 Å². The topological polar surface area (TPSA) is 26.3 Å². The van der Waals surface area contributed by atoms with Crippen LogP contribution in [0.1, 0.15) is 25.3 Å². The Morgan fingerprint density at radius 3 is 2.56 bits per heavy atom. The molecule has 1 aromatic rings. The lowest BCUT2D eigenvalue weighted by Gasteiger charge is -2.04. The van der Waals surface area contributed by atoms with Gasteiger partial charge in [-0.2, -0.15) is 0 Å². The first-order chi connectivity index (χ1) is 7.68. The molecule has 0 aromatic heterocycles. The highest BCUT2D eigenvalue weighted by Crippen LogP contribution is 2.04. The molecule has 16 heavy (non-hydrogen) atoms. The van der Waals surface area contributed by atoms with E-state index in [4.69, 9.17) is 4.74 Å². The van der Waals surface area contributed by atoms with Gasteiger partial charge in [0.25, 0.3) is 0 Å². The fourth-order valence-corrected chi connectivity index (χ4v) is 1.30. The maximum absolute atomic E-state index is 11.3. The Morgan fingerprint density at radius 2 is 1.94 bits per heavy atom. The molecule has 0 spiro atoms. The van der Waals surface area contributed by atoms with Gasteiger partial charge < -0.3 is 4.74 Å². The van der Waals surface area contributed by atoms with Crippen molar-refractivity contribution in [2.45, 2.75) is 26.2 Å². The van der Waals surface area contributed by atoms with E-state index in [1.165, 1.54) is 5.56 Å². The van der Waals surface area contributed by atoms with Gasteiger partial charge in [-0.15, -0.1) is 6.58 Å². The number of hydrogen-bond donors (Lipinski definition) is 0. The van der Waals surface area contributed by atoms with Crippen LogP contribution in [0.5, 0.6) is 0 Å². The Hall–Kier alpha value is -1.57. The highest BCUT2D eigenvalue weighted by molar-refractivity contribution is 5.69. The summed E-state index contributed by atoms with van der Waals surface area (Å²) in [6.45, 7) is 6.13. The van der Waals surface area contributed by atoms with Gasteiger partial charge in [-0.1, -0.05) is 35.9 Å². The lowest BCUT2D eigenvalue weighted by molar-refractivity contribution is -0.143. The highest BCUT2D eigenvalue weighted by Gasteiger charge is 2.02. The van der Waals surface area contributed by atoms with E-state index in [1.807, 2.05) is 37.3 Å². The van der Waals surface area contributed by atoms with Gasteiger partial charge in [-0.05, 0) is 18.9 Å². The van der Waals surface area contributed by atoms with Gasteiger partial charge in [0, 0.05) is 12.8 Å². The van der Waals surface area contributed by atoms with Crippen molar-refractivity contribution in [2.24, 2.45) is 0 Å². The van der Waals surface area contributed by atoms with Crippen LogP contribution in [0.4, 0.5) is 0 Å². The summed E-state index contributed by atoms with van der Waals surface area (Å²) in [5.41, 5.74) is 2.20. The number of benzene rings is 1. The summed E-state index contributed by atoms with van der Waals surface area (Å²) in [7, 11) is 0. The molecule has 0 saturated carbocycles. The van der Waals surface area contributed by atoms with Crippen LogP contribution in [0.15, 0.2) is 42.5 Å². The largest absolute Gasteiger partial charge is 0.465 e. The van der Waals surface area contributed by atoms with Gasteiger partial charge in [-0.3, -0.25) is 4.79 Å². The van der Waals surface area contributed by atoms with Gasteiger partial charge in [0.15, 0.2) is 0 Å². The third-order valence-corrected chi connectivity index (χ3v) is 2.25. The molecule has 2 heteroatoms. The summed E-state index contributed by atoms with van der Waals surface area (Å²) < 4.78 is 5.07. The average Bonchev–Trinajstić information content (AvgIpc) is 2.27. The number of rotatable bonds is 6. The maximum atomic E-state index is 11.3. The fourth-order valence-electron chi connectivity index (χ4n) is 1.30. The monoisotopic (exact) mass is 220 g/mol. The predicted molar refractivity (Wildman–Crippen MR) is 65.2 cm³/mol. The Morgan fingerprint density at radius 1 is 1.25 bits per heavy atom. The van der Waals surface area contributed by atoms with Crippen LogP contribution in [-0.4, -0.2) is 12.6 Å². The van der Waals surface area contributed by atoms with Crippen molar-refractivity contribution in [3.05, 3.63) is 48.0 Å². The normalized spacial score (nSPS) is 9.81.